The lowest BCUT2D eigenvalue weighted by atomic mass is 10.1. The Morgan fingerprint density at radius 1 is 1.20 bits per heavy atom. The van der Waals surface area contributed by atoms with E-state index in [0.717, 1.165) is 25.7 Å². The van der Waals surface area contributed by atoms with Crippen molar-refractivity contribution in [1.29, 1.82) is 0 Å². The van der Waals surface area contributed by atoms with E-state index in [2.05, 4.69) is 4.98 Å². The van der Waals surface area contributed by atoms with Gasteiger partial charge in [0, 0.05) is 19.3 Å². The van der Waals surface area contributed by atoms with Gasteiger partial charge in [0.25, 0.3) is 0 Å². The van der Waals surface area contributed by atoms with Gasteiger partial charge in [0.05, 0.1) is 0 Å². The zero-order chi connectivity index (χ0) is 14.6. The lowest BCUT2D eigenvalue weighted by Crippen LogP contribution is -2.35. The summed E-state index contributed by atoms with van der Waals surface area (Å²) < 4.78 is 27.0. The number of nitrogens with two attached hydrogens (primary N) is 1. The molecule has 2 rings (SSSR count). The van der Waals surface area contributed by atoms with E-state index in [1.54, 1.807) is 6.07 Å². The van der Waals surface area contributed by atoms with E-state index in [1.165, 1.54) is 23.0 Å². The largest absolute Gasteiger partial charge is 0.388 e. The SMILES string of the molecule is NC(=S)c1ncccc1S(=O)(=O)N1CCCCCCC1. The van der Waals surface area contributed by atoms with E-state index < -0.39 is 10.0 Å². The van der Waals surface area contributed by atoms with Crippen molar-refractivity contribution < 1.29 is 8.42 Å². The molecule has 0 radical (unpaired) electrons. The van der Waals surface area contributed by atoms with Crippen LogP contribution >= 0.6 is 12.2 Å². The second-order valence-electron chi connectivity index (χ2n) is 4.89. The Bertz CT molecular complexity index is 579. The van der Waals surface area contributed by atoms with Crippen LogP contribution in [0.3, 0.4) is 0 Å². The van der Waals surface area contributed by atoms with Crippen molar-refractivity contribution in [3.05, 3.63) is 24.0 Å². The van der Waals surface area contributed by atoms with Crippen LogP contribution in [0.15, 0.2) is 23.2 Å². The molecule has 0 bridgehead atoms. The molecule has 20 heavy (non-hydrogen) atoms. The van der Waals surface area contributed by atoms with Crippen LogP contribution < -0.4 is 5.73 Å². The highest BCUT2D eigenvalue weighted by Crippen LogP contribution is 2.21. The maximum atomic E-state index is 12.7. The minimum absolute atomic E-state index is 0.0104. The number of hydrogen-bond donors (Lipinski definition) is 1. The number of thiocarbonyl (C=S) groups is 1. The molecule has 7 heteroatoms. The molecule has 0 aromatic carbocycles. The molecule has 1 saturated heterocycles. The summed E-state index contributed by atoms with van der Waals surface area (Å²) in [4.78, 5) is 4.14. The Balaban J connectivity index is 2.36. The maximum absolute atomic E-state index is 12.7. The molecule has 5 nitrogen and oxygen atoms in total. The molecule has 1 aromatic rings. The van der Waals surface area contributed by atoms with Gasteiger partial charge in [0.1, 0.15) is 15.6 Å². The number of nitrogens with zero attached hydrogens (tertiary/aromatic N) is 2. The standard InChI is InChI=1S/C13H19N3O2S2/c14-13(19)12-11(7-6-8-15-12)20(17,18)16-9-4-2-1-3-5-10-16/h6-8H,1-5,9-10H2,(H2,14,19). The minimum Gasteiger partial charge on any atom is -0.388 e. The highest BCUT2D eigenvalue weighted by Gasteiger charge is 2.28. The molecule has 1 aromatic heterocycles. The van der Waals surface area contributed by atoms with Crippen LogP contribution in [0.4, 0.5) is 0 Å². The van der Waals surface area contributed by atoms with E-state index in [-0.39, 0.29) is 15.6 Å². The topological polar surface area (TPSA) is 76.3 Å². The Kier molecular flexibility index (Phi) is 5.06. The van der Waals surface area contributed by atoms with Crippen molar-refractivity contribution in [2.24, 2.45) is 5.73 Å². The Morgan fingerprint density at radius 3 is 2.40 bits per heavy atom. The summed E-state index contributed by atoms with van der Waals surface area (Å²) in [5, 5.41) is 0. The molecule has 1 fully saturated rings. The van der Waals surface area contributed by atoms with E-state index in [9.17, 15) is 8.42 Å². The summed E-state index contributed by atoms with van der Waals surface area (Å²) in [6.07, 6.45) is 6.60. The lowest BCUT2D eigenvalue weighted by molar-refractivity contribution is 0.364. The first-order valence-corrected chi connectivity index (χ1v) is 8.63. The van der Waals surface area contributed by atoms with Crippen LogP contribution in [0, 0.1) is 0 Å². The van der Waals surface area contributed by atoms with Gasteiger partial charge in [-0.2, -0.15) is 4.31 Å². The monoisotopic (exact) mass is 313 g/mol. The maximum Gasteiger partial charge on any atom is 0.245 e. The highest BCUT2D eigenvalue weighted by atomic mass is 32.2. The molecule has 0 aliphatic carbocycles. The first-order valence-electron chi connectivity index (χ1n) is 6.78. The number of sulfonamides is 1. The molecule has 0 spiro atoms. The summed E-state index contributed by atoms with van der Waals surface area (Å²) in [6, 6.07) is 3.12. The first kappa shape index (κ1) is 15.3. The molecule has 1 aliphatic heterocycles. The Labute approximate surface area is 125 Å². The lowest BCUT2D eigenvalue weighted by Gasteiger charge is -2.24. The third kappa shape index (κ3) is 3.34. The predicted molar refractivity (Wildman–Crippen MR) is 82.0 cm³/mol. The van der Waals surface area contributed by atoms with Crippen LogP contribution in [-0.4, -0.2) is 35.8 Å². The molecule has 0 unspecified atom stereocenters. The van der Waals surface area contributed by atoms with Crippen molar-refractivity contribution in [1.82, 2.24) is 9.29 Å². The average Bonchev–Trinajstić information content (AvgIpc) is 2.37. The van der Waals surface area contributed by atoms with Crippen molar-refractivity contribution in [2.75, 3.05) is 13.1 Å². The van der Waals surface area contributed by atoms with E-state index in [0.29, 0.717) is 13.1 Å². The van der Waals surface area contributed by atoms with Gasteiger partial charge in [-0.3, -0.25) is 4.98 Å². The summed E-state index contributed by atoms with van der Waals surface area (Å²) >= 11 is 4.90. The summed E-state index contributed by atoms with van der Waals surface area (Å²) in [7, 11) is -3.57. The summed E-state index contributed by atoms with van der Waals surface area (Å²) in [5.74, 6) is 0. The Morgan fingerprint density at radius 2 is 1.80 bits per heavy atom. The van der Waals surface area contributed by atoms with E-state index in [4.69, 9.17) is 18.0 Å². The minimum atomic E-state index is -3.57. The molecular formula is C13H19N3O2S2. The fourth-order valence-electron chi connectivity index (χ4n) is 2.38. The number of hydrogen-bond acceptors (Lipinski definition) is 4. The van der Waals surface area contributed by atoms with E-state index >= 15 is 0 Å². The molecule has 0 amide bonds. The molecule has 110 valence electrons. The van der Waals surface area contributed by atoms with Gasteiger partial charge >= 0.3 is 0 Å². The van der Waals surface area contributed by atoms with Crippen LogP contribution in [0.2, 0.25) is 0 Å². The van der Waals surface area contributed by atoms with Gasteiger partial charge in [-0.1, -0.05) is 31.5 Å². The molecule has 1 aliphatic rings. The molecule has 2 heterocycles. The van der Waals surface area contributed by atoms with E-state index in [1.807, 2.05) is 0 Å². The fourth-order valence-corrected chi connectivity index (χ4v) is 4.28. The number of rotatable bonds is 3. The molecule has 0 saturated carbocycles. The quantitative estimate of drug-likeness (QED) is 0.859. The third-order valence-electron chi connectivity index (χ3n) is 3.44. The van der Waals surface area contributed by atoms with Gasteiger partial charge in [0.2, 0.25) is 10.0 Å². The average molecular weight is 313 g/mol. The zero-order valence-corrected chi connectivity index (χ0v) is 12.9. The normalized spacial score (nSPS) is 18.2. The van der Waals surface area contributed by atoms with Gasteiger partial charge < -0.3 is 5.73 Å². The zero-order valence-electron chi connectivity index (χ0n) is 11.3. The van der Waals surface area contributed by atoms with Crippen molar-refractivity contribution in [3.8, 4) is 0 Å². The van der Waals surface area contributed by atoms with Gasteiger partial charge in [-0.15, -0.1) is 0 Å². The molecular weight excluding hydrogens is 294 g/mol. The molecule has 0 atom stereocenters. The van der Waals surface area contributed by atoms with Crippen LogP contribution in [-0.2, 0) is 10.0 Å². The number of aromatic nitrogens is 1. The van der Waals surface area contributed by atoms with Gasteiger partial charge in [-0.05, 0) is 25.0 Å². The number of pyridine rings is 1. The van der Waals surface area contributed by atoms with Crippen molar-refractivity contribution in [3.63, 3.8) is 0 Å². The van der Waals surface area contributed by atoms with Crippen LogP contribution in [0.25, 0.3) is 0 Å². The third-order valence-corrected chi connectivity index (χ3v) is 5.56. The second-order valence-corrected chi connectivity index (χ2v) is 7.23. The van der Waals surface area contributed by atoms with Crippen LogP contribution in [0.5, 0.6) is 0 Å². The predicted octanol–water partition coefficient (Wildman–Crippen LogP) is 1.67. The summed E-state index contributed by atoms with van der Waals surface area (Å²) in [5.41, 5.74) is 5.77. The fraction of sp³-hybridized carbons (Fsp3) is 0.538. The van der Waals surface area contributed by atoms with Crippen LogP contribution in [0.1, 0.15) is 37.8 Å². The first-order chi connectivity index (χ1) is 9.53. The second kappa shape index (κ2) is 6.60. The molecule has 2 N–H and O–H groups in total. The van der Waals surface area contributed by atoms with Gasteiger partial charge in [0.15, 0.2) is 0 Å². The summed E-state index contributed by atoms with van der Waals surface area (Å²) in [6.45, 7) is 1.10. The van der Waals surface area contributed by atoms with Crippen molar-refractivity contribution in [2.45, 2.75) is 37.0 Å². The smallest absolute Gasteiger partial charge is 0.245 e. The Hall–Kier alpha value is -1.05. The van der Waals surface area contributed by atoms with Crippen molar-refractivity contribution >= 4 is 27.2 Å². The highest BCUT2D eigenvalue weighted by molar-refractivity contribution is 7.89. The van der Waals surface area contributed by atoms with Gasteiger partial charge in [-0.25, -0.2) is 8.42 Å².